The summed E-state index contributed by atoms with van der Waals surface area (Å²) in [6.45, 7) is 2.48. The zero-order chi connectivity index (χ0) is 32.7. The summed E-state index contributed by atoms with van der Waals surface area (Å²) >= 11 is 0. The van der Waals surface area contributed by atoms with Gasteiger partial charge in [0, 0.05) is 52.6 Å². The number of carboxylic acids is 1. The summed E-state index contributed by atoms with van der Waals surface area (Å²) in [5.74, 6) is -3.55. The Balaban J connectivity index is 0.000000591. The van der Waals surface area contributed by atoms with E-state index in [1.807, 2.05) is 73.7 Å². The first-order chi connectivity index (χ1) is 21.3. The van der Waals surface area contributed by atoms with Crippen LogP contribution in [0.2, 0.25) is 0 Å². The first kappa shape index (κ1) is 32.1. The molecule has 2 aromatic heterocycles. The number of aliphatic carboxylic acids is 1. The van der Waals surface area contributed by atoms with Gasteiger partial charge >= 0.3 is 12.1 Å². The second-order valence-corrected chi connectivity index (χ2v) is 9.74. The van der Waals surface area contributed by atoms with Gasteiger partial charge in [0.25, 0.3) is 5.91 Å². The normalized spacial score (nSPS) is 10.9. The highest BCUT2D eigenvalue weighted by Crippen LogP contribution is 2.35. The topological polar surface area (TPSA) is 174 Å². The Hall–Kier alpha value is -5.85. The van der Waals surface area contributed by atoms with Gasteiger partial charge in [-0.25, -0.2) is 19.7 Å². The van der Waals surface area contributed by atoms with Crippen LogP contribution in [0.15, 0.2) is 85.1 Å². The van der Waals surface area contributed by atoms with E-state index < -0.39 is 18.1 Å². The van der Waals surface area contributed by atoms with Gasteiger partial charge in [-0.1, -0.05) is 48.5 Å². The van der Waals surface area contributed by atoms with Crippen LogP contribution < -0.4 is 16.8 Å². The number of carbonyl (C=O) groups is 3. The third kappa shape index (κ3) is 7.96. The monoisotopic (exact) mass is 616 g/mol. The van der Waals surface area contributed by atoms with E-state index in [-0.39, 0.29) is 11.6 Å². The van der Waals surface area contributed by atoms with Crippen molar-refractivity contribution in [1.82, 2.24) is 15.0 Å². The first-order valence-electron chi connectivity index (χ1n) is 13.4. The van der Waals surface area contributed by atoms with Crippen molar-refractivity contribution in [3.8, 4) is 22.4 Å². The molecule has 0 saturated carbocycles. The lowest BCUT2D eigenvalue weighted by atomic mass is 9.95. The molecular weight excluding hydrogens is 589 g/mol. The Morgan fingerprint density at radius 1 is 0.911 bits per heavy atom. The van der Waals surface area contributed by atoms with Crippen LogP contribution in [0.1, 0.15) is 33.0 Å². The molecule has 0 atom stereocenters. The van der Waals surface area contributed by atoms with E-state index in [4.69, 9.17) is 26.4 Å². The number of anilines is 2. The number of aryl methyl sites for hydroxylation is 1. The van der Waals surface area contributed by atoms with E-state index in [0.29, 0.717) is 35.2 Å². The number of Topliss-reactive ketones (excluding diaryl/α,β-unsaturated/α-hetero) is 1. The maximum absolute atomic E-state index is 12.5. The van der Waals surface area contributed by atoms with Gasteiger partial charge in [0.2, 0.25) is 5.82 Å². The van der Waals surface area contributed by atoms with Gasteiger partial charge in [-0.05, 0) is 48.4 Å². The Morgan fingerprint density at radius 2 is 1.58 bits per heavy atom. The fourth-order valence-electron chi connectivity index (χ4n) is 4.37. The highest BCUT2D eigenvalue weighted by Gasteiger charge is 2.38. The number of amides is 1. The number of hydrogen-bond acceptors (Lipinski definition) is 8. The molecule has 0 unspecified atom stereocenters. The number of pyridine rings is 1. The second-order valence-electron chi connectivity index (χ2n) is 9.74. The van der Waals surface area contributed by atoms with E-state index in [1.165, 1.54) is 0 Å². The fraction of sp³-hybridized carbons (Fsp3) is 0.125. The minimum Gasteiger partial charge on any atom is -0.475 e. The molecule has 0 saturated heterocycles. The van der Waals surface area contributed by atoms with Crippen LogP contribution in [0.3, 0.4) is 0 Å². The van der Waals surface area contributed by atoms with E-state index in [9.17, 15) is 22.8 Å². The van der Waals surface area contributed by atoms with Crippen LogP contribution in [0.5, 0.6) is 0 Å². The number of hydrogen-bond donors (Lipinski definition) is 4. The van der Waals surface area contributed by atoms with Crippen LogP contribution in [-0.4, -0.2) is 50.4 Å². The summed E-state index contributed by atoms with van der Waals surface area (Å²) in [7, 11) is 0. The first-order valence-corrected chi connectivity index (χ1v) is 13.4. The minimum absolute atomic E-state index is 0.00544. The van der Waals surface area contributed by atoms with Gasteiger partial charge in [-0.2, -0.15) is 13.2 Å². The molecule has 0 bridgehead atoms. The Kier molecular flexibility index (Phi) is 9.72. The predicted octanol–water partition coefficient (Wildman–Crippen LogP) is 5.67. The molecule has 10 nitrogen and oxygen atoms in total. The van der Waals surface area contributed by atoms with E-state index in [1.54, 1.807) is 18.3 Å². The summed E-state index contributed by atoms with van der Waals surface area (Å²) < 4.78 is 31.7. The number of carboxylic acid groups (broad SMARTS) is 1. The van der Waals surface area contributed by atoms with Crippen molar-refractivity contribution in [3.05, 3.63) is 102 Å². The number of ketones is 1. The van der Waals surface area contributed by atoms with Crippen molar-refractivity contribution in [1.29, 1.82) is 0 Å². The molecule has 0 aliphatic rings. The lowest BCUT2D eigenvalue weighted by Crippen LogP contribution is -2.21. The molecule has 0 aliphatic carbocycles. The maximum atomic E-state index is 12.5. The zero-order valence-electron chi connectivity index (χ0n) is 23.8. The van der Waals surface area contributed by atoms with Crippen LogP contribution in [0.4, 0.5) is 24.5 Å². The number of nitrogens with two attached hydrogens (primary N) is 2. The number of fused-ring (bicyclic) bond motifs is 1. The second kappa shape index (κ2) is 13.6. The van der Waals surface area contributed by atoms with E-state index in [0.717, 1.165) is 33.6 Å². The van der Waals surface area contributed by atoms with Crippen molar-refractivity contribution >= 4 is 40.1 Å². The summed E-state index contributed by atoms with van der Waals surface area (Å²) in [6.07, 6.45) is -3.20. The fourth-order valence-corrected chi connectivity index (χ4v) is 4.37. The van der Waals surface area contributed by atoms with Crippen LogP contribution >= 0.6 is 0 Å². The maximum Gasteiger partial charge on any atom is 0.490 e. The lowest BCUT2D eigenvalue weighted by molar-refractivity contribution is -0.192. The molecule has 13 heteroatoms. The van der Waals surface area contributed by atoms with E-state index >= 15 is 0 Å². The molecule has 230 valence electrons. The van der Waals surface area contributed by atoms with Crippen LogP contribution in [0, 0.1) is 6.92 Å². The van der Waals surface area contributed by atoms with Gasteiger partial charge in [0.1, 0.15) is 0 Å². The molecule has 2 heterocycles. The number of nitrogen functional groups attached to an aromatic ring is 1. The SMILES string of the molecule is Cc1cc(NCCC(=O)c2ccccc2N)ccc1-c1nc2nc(C(N)=O)ncc2cc1-c1ccccc1.O=C(O)C(F)(F)F. The number of primary amides is 1. The van der Waals surface area contributed by atoms with Gasteiger partial charge in [0.15, 0.2) is 11.4 Å². The Morgan fingerprint density at radius 3 is 2.20 bits per heavy atom. The number of nitrogens with zero attached hydrogens (tertiary/aromatic N) is 3. The van der Waals surface area contributed by atoms with Crippen molar-refractivity contribution in [3.63, 3.8) is 0 Å². The van der Waals surface area contributed by atoms with Crippen molar-refractivity contribution in [2.24, 2.45) is 5.73 Å². The Labute approximate surface area is 255 Å². The van der Waals surface area contributed by atoms with Gasteiger partial charge < -0.3 is 21.9 Å². The third-order valence-electron chi connectivity index (χ3n) is 6.54. The number of halogens is 3. The number of aromatic nitrogens is 3. The molecule has 5 rings (SSSR count). The molecule has 3 aromatic carbocycles. The molecular formula is C32H27F3N6O4. The van der Waals surface area contributed by atoms with Crippen molar-refractivity contribution < 1.29 is 32.7 Å². The predicted molar refractivity (Wildman–Crippen MR) is 163 cm³/mol. The molecule has 6 N–H and O–H groups in total. The van der Waals surface area contributed by atoms with Gasteiger partial charge in [-0.15, -0.1) is 0 Å². The van der Waals surface area contributed by atoms with E-state index in [2.05, 4.69) is 15.3 Å². The van der Waals surface area contributed by atoms with Crippen LogP contribution in [0.25, 0.3) is 33.4 Å². The average molecular weight is 617 g/mol. The number of alkyl halides is 3. The number of rotatable bonds is 8. The summed E-state index contributed by atoms with van der Waals surface area (Å²) in [6, 6.07) is 25.0. The largest absolute Gasteiger partial charge is 0.490 e. The summed E-state index contributed by atoms with van der Waals surface area (Å²) in [5.41, 5.74) is 18.2. The number of para-hydroxylation sites is 1. The molecule has 1 amide bonds. The lowest BCUT2D eigenvalue weighted by Gasteiger charge is -2.15. The number of benzene rings is 3. The summed E-state index contributed by atoms with van der Waals surface area (Å²) in [5, 5.41) is 11.2. The molecule has 0 aliphatic heterocycles. The van der Waals surface area contributed by atoms with Gasteiger partial charge in [0.05, 0.1) is 5.69 Å². The average Bonchev–Trinajstić information content (AvgIpc) is 3.00. The summed E-state index contributed by atoms with van der Waals surface area (Å²) in [4.78, 5) is 46.3. The highest BCUT2D eigenvalue weighted by atomic mass is 19.4. The zero-order valence-corrected chi connectivity index (χ0v) is 23.8. The highest BCUT2D eigenvalue weighted by molar-refractivity contribution is 6.01. The third-order valence-corrected chi connectivity index (χ3v) is 6.54. The molecule has 0 fully saturated rings. The van der Waals surface area contributed by atoms with Crippen molar-refractivity contribution in [2.75, 3.05) is 17.6 Å². The Bertz CT molecular complexity index is 1880. The molecule has 45 heavy (non-hydrogen) atoms. The minimum atomic E-state index is -5.08. The standard InChI is InChI=1S/C30H26N6O2.C2HF3O2/c1-18-15-21(33-14-13-26(37)23-9-5-6-10-25(23)31)11-12-22(18)27-24(19-7-3-2-4-8-19)16-20-17-34-30(28(32)38)36-29(20)35-27;3-2(4,5)1(6)7/h2-12,15-17,33H,13-14,31H2,1H3,(H2,32,38);(H,6,7). The number of carbonyl (C=O) groups excluding carboxylic acids is 2. The number of nitrogens with one attached hydrogen (secondary N) is 1. The molecule has 5 aromatic rings. The molecule has 0 radical (unpaired) electrons. The van der Waals surface area contributed by atoms with Crippen LogP contribution in [-0.2, 0) is 4.79 Å². The van der Waals surface area contributed by atoms with Gasteiger partial charge in [-0.3, -0.25) is 9.59 Å². The molecule has 0 spiro atoms. The van der Waals surface area contributed by atoms with Crippen molar-refractivity contribution in [2.45, 2.75) is 19.5 Å². The quantitative estimate of drug-likeness (QED) is 0.127. The smallest absolute Gasteiger partial charge is 0.475 e.